The van der Waals surface area contributed by atoms with E-state index in [9.17, 15) is 24.0 Å². The summed E-state index contributed by atoms with van der Waals surface area (Å²) in [5.41, 5.74) is 7.37. The van der Waals surface area contributed by atoms with Gasteiger partial charge in [-0.2, -0.15) is 0 Å². The van der Waals surface area contributed by atoms with E-state index < -0.39 is 53.2 Å². The first-order valence-electron chi connectivity index (χ1n) is 17.1. The lowest BCUT2D eigenvalue weighted by Crippen LogP contribution is -2.56. The molecule has 13 nitrogen and oxygen atoms in total. The molecule has 3 amide bonds. The highest BCUT2D eigenvalue weighted by Crippen LogP contribution is 2.31. The molecule has 0 spiro atoms. The van der Waals surface area contributed by atoms with E-state index in [0.29, 0.717) is 5.56 Å². The number of piperazine rings is 1. The molecule has 0 aliphatic carbocycles. The molecule has 1 aromatic heterocycles. The average Bonchev–Trinajstić information content (AvgIpc) is 3.15. The maximum absolute atomic E-state index is 13.6. The van der Waals surface area contributed by atoms with Gasteiger partial charge in [0.25, 0.3) is 5.91 Å². The third-order valence-electron chi connectivity index (χ3n) is 8.46. The Morgan fingerprint density at radius 2 is 1.51 bits per heavy atom. The van der Waals surface area contributed by atoms with Crippen molar-refractivity contribution in [2.75, 3.05) is 26.2 Å². The minimum absolute atomic E-state index is 0.0122. The van der Waals surface area contributed by atoms with E-state index in [2.05, 4.69) is 10.3 Å². The molecule has 1 aliphatic rings. The number of nitrogens with zero attached hydrogens (tertiary/aromatic N) is 3. The summed E-state index contributed by atoms with van der Waals surface area (Å²) in [7, 11) is 0. The Bertz CT molecular complexity index is 1930. The second-order valence-electron chi connectivity index (χ2n) is 13.4. The number of amides is 3. The van der Waals surface area contributed by atoms with Crippen molar-refractivity contribution in [2.24, 2.45) is 5.73 Å². The predicted molar refractivity (Wildman–Crippen MR) is 196 cm³/mol. The molecule has 13 heteroatoms. The van der Waals surface area contributed by atoms with Crippen LogP contribution in [0.15, 0.2) is 103 Å². The standard InChI is InChI=1S/C40H42N6O7/c1-40(2,3)53-39(51)28-16-17-30(31(23-28)35(41)42)36(48)44-19-20-45-21-22-46(38(50)37(45)49)32(29-15-10-18-43-25-29)24-33(47)52-34(26-11-6-4-7-12-26)27-13-8-5-9-14-27/h4-18,23,25,32,34H,19-22,24H2,1-3H3,(H3,41,42)(H,44,48). The van der Waals surface area contributed by atoms with Crippen LogP contribution in [-0.2, 0) is 23.9 Å². The van der Waals surface area contributed by atoms with E-state index >= 15 is 0 Å². The highest BCUT2D eigenvalue weighted by molar-refractivity contribution is 6.35. The van der Waals surface area contributed by atoms with Crippen molar-refractivity contribution in [1.82, 2.24) is 20.1 Å². The molecule has 3 aromatic carbocycles. The largest absolute Gasteiger partial charge is 0.456 e. The zero-order chi connectivity index (χ0) is 38.1. The maximum atomic E-state index is 13.6. The van der Waals surface area contributed by atoms with Crippen LogP contribution in [0.2, 0.25) is 0 Å². The molecule has 4 N–H and O–H groups in total. The number of hydrogen-bond acceptors (Lipinski definition) is 9. The lowest BCUT2D eigenvalue weighted by molar-refractivity contribution is -0.160. The quantitative estimate of drug-likeness (QED) is 0.0790. The number of nitrogens with one attached hydrogen (secondary N) is 2. The summed E-state index contributed by atoms with van der Waals surface area (Å²) in [4.78, 5) is 73.1. The van der Waals surface area contributed by atoms with Gasteiger partial charge in [-0.15, -0.1) is 0 Å². The minimum Gasteiger partial charge on any atom is -0.456 e. The van der Waals surface area contributed by atoms with Crippen LogP contribution in [0.25, 0.3) is 0 Å². The fourth-order valence-corrected chi connectivity index (χ4v) is 5.93. The molecular formula is C40H42N6O7. The smallest absolute Gasteiger partial charge is 0.338 e. The molecule has 0 radical (unpaired) electrons. The number of amidine groups is 1. The lowest BCUT2D eigenvalue weighted by atomic mass is 10.0. The van der Waals surface area contributed by atoms with E-state index in [1.165, 1.54) is 28.0 Å². The van der Waals surface area contributed by atoms with Crippen LogP contribution in [0.5, 0.6) is 0 Å². The predicted octanol–water partition coefficient (Wildman–Crippen LogP) is 4.19. The summed E-state index contributed by atoms with van der Waals surface area (Å²) in [5.74, 6) is -3.77. The van der Waals surface area contributed by atoms with E-state index in [4.69, 9.17) is 20.6 Å². The normalized spacial score (nSPS) is 13.7. The van der Waals surface area contributed by atoms with Gasteiger partial charge < -0.3 is 30.3 Å². The molecule has 1 atom stereocenters. The molecule has 0 saturated carbocycles. The van der Waals surface area contributed by atoms with Crippen LogP contribution in [0.4, 0.5) is 0 Å². The number of pyridine rings is 1. The van der Waals surface area contributed by atoms with E-state index in [0.717, 1.165) is 11.1 Å². The van der Waals surface area contributed by atoms with Gasteiger partial charge >= 0.3 is 23.8 Å². The second kappa shape index (κ2) is 16.8. The van der Waals surface area contributed by atoms with Crippen molar-refractivity contribution in [3.8, 4) is 0 Å². The van der Waals surface area contributed by atoms with Crippen molar-refractivity contribution < 1.29 is 33.4 Å². The number of aromatic nitrogens is 1. The summed E-state index contributed by atoms with van der Waals surface area (Å²) in [6.07, 6.45) is 2.23. The number of rotatable bonds is 13. The molecule has 274 valence electrons. The first-order chi connectivity index (χ1) is 25.3. The average molecular weight is 719 g/mol. The molecule has 2 heterocycles. The zero-order valence-corrected chi connectivity index (χ0v) is 29.8. The Kier molecular flexibility index (Phi) is 12.0. The summed E-state index contributed by atoms with van der Waals surface area (Å²) >= 11 is 0. The van der Waals surface area contributed by atoms with Crippen LogP contribution < -0.4 is 11.1 Å². The van der Waals surface area contributed by atoms with Crippen LogP contribution >= 0.6 is 0 Å². The topological polar surface area (TPSA) is 185 Å². The first-order valence-corrected chi connectivity index (χ1v) is 17.1. The van der Waals surface area contributed by atoms with Gasteiger partial charge in [0.1, 0.15) is 11.4 Å². The molecular weight excluding hydrogens is 676 g/mol. The van der Waals surface area contributed by atoms with Crippen LogP contribution in [0, 0.1) is 5.41 Å². The summed E-state index contributed by atoms with van der Waals surface area (Å²) in [6.45, 7) is 5.44. The summed E-state index contributed by atoms with van der Waals surface area (Å²) < 4.78 is 11.4. The van der Waals surface area contributed by atoms with Gasteiger partial charge in [-0.1, -0.05) is 66.7 Å². The number of nitrogens with two attached hydrogens (primary N) is 1. The Balaban J connectivity index is 1.24. The molecule has 1 saturated heterocycles. The Morgan fingerprint density at radius 1 is 0.868 bits per heavy atom. The number of carbonyl (C=O) groups is 5. The zero-order valence-electron chi connectivity index (χ0n) is 29.8. The summed E-state index contributed by atoms with van der Waals surface area (Å²) in [5, 5.41) is 10.7. The van der Waals surface area contributed by atoms with Gasteiger partial charge in [-0.3, -0.25) is 29.6 Å². The Morgan fingerprint density at radius 3 is 2.09 bits per heavy atom. The van der Waals surface area contributed by atoms with Crippen molar-refractivity contribution in [3.05, 3.63) is 137 Å². The lowest BCUT2D eigenvalue weighted by Gasteiger charge is -2.38. The fourth-order valence-electron chi connectivity index (χ4n) is 5.93. The third kappa shape index (κ3) is 9.70. The van der Waals surface area contributed by atoms with Crippen molar-refractivity contribution in [3.63, 3.8) is 0 Å². The molecule has 1 aliphatic heterocycles. The second-order valence-corrected chi connectivity index (χ2v) is 13.4. The fraction of sp³-hybridized carbons (Fsp3) is 0.275. The minimum atomic E-state index is -0.824. The highest BCUT2D eigenvalue weighted by atomic mass is 16.6. The van der Waals surface area contributed by atoms with Gasteiger partial charge in [-0.05, 0) is 61.7 Å². The molecule has 1 unspecified atom stereocenters. The summed E-state index contributed by atoms with van der Waals surface area (Å²) in [6, 6.07) is 25.4. The number of ether oxygens (including phenoxy) is 2. The van der Waals surface area contributed by atoms with Crippen LogP contribution in [0.3, 0.4) is 0 Å². The Hall–Kier alpha value is -6.37. The van der Waals surface area contributed by atoms with Crippen molar-refractivity contribution >= 4 is 35.5 Å². The number of benzene rings is 3. The number of nitrogen functional groups attached to an aromatic ring is 1. The van der Waals surface area contributed by atoms with Crippen LogP contribution in [0.1, 0.15) is 82.3 Å². The highest BCUT2D eigenvalue weighted by Gasteiger charge is 2.38. The molecule has 0 bridgehead atoms. The van der Waals surface area contributed by atoms with Gasteiger partial charge in [-0.25, -0.2) is 4.79 Å². The number of hydrogen-bond donors (Lipinski definition) is 3. The van der Waals surface area contributed by atoms with Crippen molar-refractivity contribution in [2.45, 2.75) is 44.9 Å². The van der Waals surface area contributed by atoms with E-state index in [1.807, 2.05) is 60.7 Å². The van der Waals surface area contributed by atoms with Gasteiger partial charge in [0.15, 0.2) is 6.10 Å². The first kappa shape index (κ1) is 37.9. The van der Waals surface area contributed by atoms with E-state index in [-0.39, 0.29) is 49.3 Å². The maximum Gasteiger partial charge on any atom is 0.338 e. The number of carbonyl (C=O) groups excluding carboxylic acids is 5. The molecule has 53 heavy (non-hydrogen) atoms. The van der Waals surface area contributed by atoms with Crippen molar-refractivity contribution in [1.29, 1.82) is 5.41 Å². The SMILES string of the molecule is CC(C)(C)OC(=O)c1ccc(C(=O)NCCN2CCN(C(CC(=O)OC(c3ccccc3)c3ccccc3)c3cccnc3)C(=O)C2=O)c(C(=N)N)c1. The van der Waals surface area contributed by atoms with Gasteiger partial charge in [0.2, 0.25) is 0 Å². The number of esters is 2. The van der Waals surface area contributed by atoms with Gasteiger partial charge in [0.05, 0.1) is 23.6 Å². The molecule has 4 aromatic rings. The molecule has 5 rings (SSSR count). The Labute approximate surface area is 307 Å². The molecule has 1 fully saturated rings. The van der Waals surface area contributed by atoms with Crippen LogP contribution in [-0.4, -0.2) is 82.1 Å². The van der Waals surface area contributed by atoms with E-state index in [1.54, 1.807) is 45.3 Å². The van der Waals surface area contributed by atoms with Gasteiger partial charge in [0, 0.05) is 44.1 Å². The monoisotopic (exact) mass is 718 g/mol. The third-order valence-corrected chi connectivity index (χ3v) is 8.46.